The number of benzene rings is 1. The molecule has 1 aromatic carbocycles. The number of esters is 1. The Bertz CT molecular complexity index is 823. The lowest BCUT2D eigenvalue weighted by atomic mass is 9.94. The monoisotopic (exact) mass is 424 g/mol. The summed E-state index contributed by atoms with van der Waals surface area (Å²) in [5, 5.41) is 2.78. The maximum atomic E-state index is 12.9. The topological polar surface area (TPSA) is 92.8 Å². The molecule has 0 bridgehead atoms. The molecule has 0 aliphatic carbocycles. The Kier molecular flexibility index (Phi) is 7.45. The van der Waals surface area contributed by atoms with Crippen molar-refractivity contribution < 1.29 is 22.7 Å². The Morgan fingerprint density at radius 3 is 2.21 bits per heavy atom. The molecule has 0 spiro atoms. The highest BCUT2D eigenvalue weighted by atomic mass is 32.2. The van der Waals surface area contributed by atoms with E-state index in [1.54, 1.807) is 0 Å². The molecule has 1 aliphatic rings. The molecule has 1 saturated heterocycles. The van der Waals surface area contributed by atoms with Crippen molar-refractivity contribution in [2.24, 2.45) is 11.8 Å². The van der Waals surface area contributed by atoms with Crippen LogP contribution in [0.25, 0.3) is 0 Å². The maximum Gasteiger partial charge on any atom is 0.338 e. The van der Waals surface area contributed by atoms with E-state index in [1.165, 1.54) is 28.6 Å². The van der Waals surface area contributed by atoms with E-state index < -0.39 is 16.0 Å². The van der Waals surface area contributed by atoms with Gasteiger partial charge in [-0.25, -0.2) is 13.2 Å². The first-order valence-electron chi connectivity index (χ1n) is 10.0. The molecular formula is C21H32N2O5S. The average molecular weight is 425 g/mol. The Morgan fingerprint density at radius 2 is 1.69 bits per heavy atom. The van der Waals surface area contributed by atoms with E-state index in [0.717, 1.165) is 12.8 Å². The summed E-state index contributed by atoms with van der Waals surface area (Å²) in [7, 11) is -3.60. The quantitative estimate of drug-likeness (QED) is 0.680. The first-order valence-corrected chi connectivity index (χ1v) is 11.5. The number of carbonyl (C=O) groups is 2. The van der Waals surface area contributed by atoms with Crippen molar-refractivity contribution in [1.82, 2.24) is 9.62 Å². The van der Waals surface area contributed by atoms with Crippen LogP contribution in [0.1, 0.15) is 57.8 Å². The fraction of sp³-hybridized carbons (Fsp3) is 0.619. The summed E-state index contributed by atoms with van der Waals surface area (Å²) in [6.45, 7) is 10.4. The van der Waals surface area contributed by atoms with Crippen LogP contribution in [-0.2, 0) is 19.6 Å². The van der Waals surface area contributed by atoms with Gasteiger partial charge in [-0.15, -0.1) is 0 Å². The summed E-state index contributed by atoms with van der Waals surface area (Å²) in [5.41, 5.74) is -0.171. The van der Waals surface area contributed by atoms with E-state index in [9.17, 15) is 18.0 Å². The molecular weight excluding hydrogens is 392 g/mol. The largest absolute Gasteiger partial charge is 0.452 e. The Balaban J connectivity index is 2.00. The average Bonchev–Trinajstić information content (AvgIpc) is 2.65. The predicted octanol–water partition coefficient (Wildman–Crippen LogP) is 2.81. The molecule has 2 atom stereocenters. The number of hydrogen-bond acceptors (Lipinski definition) is 5. The number of nitrogens with zero attached hydrogens (tertiary/aromatic N) is 1. The van der Waals surface area contributed by atoms with Gasteiger partial charge in [-0.1, -0.05) is 20.8 Å². The van der Waals surface area contributed by atoms with Gasteiger partial charge in [0.1, 0.15) is 0 Å². The molecule has 0 aromatic heterocycles. The van der Waals surface area contributed by atoms with Gasteiger partial charge in [0.2, 0.25) is 10.0 Å². The van der Waals surface area contributed by atoms with Crippen molar-refractivity contribution in [2.75, 3.05) is 19.7 Å². The summed E-state index contributed by atoms with van der Waals surface area (Å²) in [6, 6.07) is 5.66. The fourth-order valence-electron chi connectivity index (χ4n) is 3.43. The van der Waals surface area contributed by atoms with Crippen LogP contribution in [0.15, 0.2) is 29.2 Å². The lowest BCUT2D eigenvalue weighted by molar-refractivity contribution is -0.125. The van der Waals surface area contributed by atoms with Gasteiger partial charge >= 0.3 is 5.97 Å². The summed E-state index contributed by atoms with van der Waals surface area (Å²) < 4.78 is 32.3. The van der Waals surface area contributed by atoms with Gasteiger partial charge in [-0.2, -0.15) is 4.31 Å². The molecule has 0 saturated carbocycles. The number of amides is 1. The number of nitrogens with one attached hydrogen (secondary N) is 1. The van der Waals surface area contributed by atoms with Crippen molar-refractivity contribution in [3.63, 3.8) is 0 Å². The smallest absolute Gasteiger partial charge is 0.338 e. The van der Waals surface area contributed by atoms with Crippen LogP contribution in [0.3, 0.4) is 0 Å². The van der Waals surface area contributed by atoms with Crippen LogP contribution >= 0.6 is 0 Å². The third-order valence-corrected chi connectivity index (χ3v) is 7.11. The highest BCUT2D eigenvalue weighted by Gasteiger charge is 2.31. The van der Waals surface area contributed by atoms with Crippen LogP contribution in [-0.4, -0.2) is 49.8 Å². The lowest BCUT2D eigenvalue weighted by Gasteiger charge is -2.34. The molecule has 29 heavy (non-hydrogen) atoms. The maximum absolute atomic E-state index is 12.9. The molecule has 1 heterocycles. The van der Waals surface area contributed by atoms with Crippen LogP contribution in [0.5, 0.6) is 0 Å². The Morgan fingerprint density at radius 1 is 1.14 bits per heavy atom. The molecule has 1 amide bonds. The standard InChI is InChI=1S/C21H32N2O5S/c1-6-21(4,5)22-19(24)14-28-20(25)17-7-9-18(10-8-17)29(26,27)23-12-15(2)11-16(3)13-23/h7-10,15-16H,6,11-14H2,1-5H3,(H,22,24)/t15-,16-/m0/s1. The molecule has 0 radical (unpaired) electrons. The van der Waals surface area contributed by atoms with Crippen LogP contribution in [0.2, 0.25) is 0 Å². The van der Waals surface area contributed by atoms with Gasteiger partial charge in [0, 0.05) is 18.6 Å². The molecule has 1 N–H and O–H groups in total. The number of rotatable bonds is 7. The second kappa shape index (κ2) is 9.26. The molecule has 162 valence electrons. The van der Waals surface area contributed by atoms with Crippen molar-refractivity contribution in [1.29, 1.82) is 0 Å². The highest BCUT2D eigenvalue weighted by molar-refractivity contribution is 7.89. The molecule has 8 heteroatoms. The summed E-state index contributed by atoms with van der Waals surface area (Å²) in [5.74, 6) is -0.422. The minimum atomic E-state index is -3.60. The zero-order valence-electron chi connectivity index (χ0n) is 17.9. The van der Waals surface area contributed by atoms with Crippen molar-refractivity contribution in [2.45, 2.75) is 57.9 Å². The van der Waals surface area contributed by atoms with Crippen molar-refractivity contribution in [3.05, 3.63) is 29.8 Å². The van der Waals surface area contributed by atoms with Crippen LogP contribution in [0.4, 0.5) is 0 Å². The third-order valence-electron chi connectivity index (χ3n) is 5.26. The molecule has 1 fully saturated rings. The lowest BCUT2D eigenvalue weighted by Crippen LogP contribution is -2.44. The summed E-state index contributed by atoms with van der Waals surface area (Å²) in [6.07, 6.45) is 1.76. The van der Waals surface area contributed by atoms with E-state index in [-0.39, 0.29) is 28.5 Å². The second-order valence-electron chi connectivity index (χ2n) is 8.65. The van der Waals surface area contributed by atoms with Gasteiger partial charge in [0.25, 0.3) is 5.91 Å². The van der Waals surface area contributed by atoms with E-state index in [4.69, 9.17) is 4.74 Å². The number of piperidine rings is 1. The van der Waals surface area contributed by atoms with Crippen molar-refractivity contribution >= 4 is 21.9 Å². The summed E-state index contributed by atoms with van der Waals surface area (Å²) >= 11 is 0. The molecule has 1 aromatic rings. The second-order valence-corrected chi connectivity index (χ2v) is 10.6. The van der Waals surface area contributed by atoms with E-state index in [1.807, 2.05) is 20.8 Å². The normalized spacial score (nSPS) is 20.9. The Hall–Kier alpha value is -1.93. The van der Waals surface area contributed by atoms with E-state index in [0.29, 0.717) is 24.9 Å². The fourth-order valence-corrected chi connectivity index (χ4v) is 5.11. The predicted molar refractivity (Wildman–Crippen MR) is 111 cm³/mol. The van der Waals surface area contributed by atoms with Gasteiger partial charge in [0.05, 0.1) is 10.5 Å². The zero-order chi connectivity index (χ0) is 21.8. The van der Waals surface area contributed by atoms with E-state index >= 15 is 0 Å². The number of ether oxygens (including phenoxy) is 1. The van der Waals surface area contributed by atoms with Crippen LogP contribution in [0, 0.1) is 11.8 Å². The molecule has 2 rings (SSSR count). The first kappa shape index (κ1) is 23.3. The van der Waals surface area contributed by atoms with E-state index in [2.05, 4.69) is 19.2 Å². The Labute approximate surface area is 173 Å². The van der Waals surface area contributed by atoms with Crippen LogP contribution < -0.4 is 5.32 Å². The third kappa shape index (κ3) is 6.27. The molecule has 0 unspecified atom stereocenters. The number of carbonyl (C=O) groups excluding carboxylic acids is 2. The minimum Gasteiger partial charge on any atom is -0.452 e. The summed E-state index contributed by atoms with van der Waals surface area (Å²) in [4.78, 5) is 24.2. The molecule has 1 aliphatic heterocycles. The minimum absolute atomic E-state index is 0.151. The number of sulfonamides is 1. The van der Waals surface area contributed by atoms with Gasteiger partial charge in [0.15, 0.2) is 6.61 Å². The number of hydrogen-bond donors (Lipinski definition) is 1. The zero-order valence-corrected chi connectivity index (χ0v) is 18.7. The van der Waals surface area contributed by atoms with Crippen molar-refractivity contribution in [3.8, 4) is 0 Å². The SMILES string of the molecule is CCC(C)(C)NC(=O)COC(=O)c1ccc(S(=O)(=O)N2C[C@@H](C)C[C@H](C)C2)cc1. The van der Waals surface area contributed by atoms with Gasteiger partial charge < -0.3 is 10.1 Å². The molecule has 7 nitrogen and oxygen atoms in total. The highest BCUT2D eigenvalue weighted by Crippen LogP contribution is 2.26. The van der Waals surface area contributed by atoms with Gasteiger partial charge in [-0.3, -0.25) is 4.79 Å². The van der Waals surface area contributed by atoms with Gasteiger partial charge in [-0.05, 0) is 62.8 Å². The first-order chi connectivity index (χ1) is 13.4.